The fourth-order valence-electron chi connectivity index (χ4n) is 2.63. The van der Waals surface area contributed by atoms with Crippen molar-refractivity contribution in [1.82, 2.24) is 0 Å². The van der Waals surface area contributed by atoms with Crippen LogP contribution in [0.15, 0.2) is 72.8 Å². The van der Waals surface area contributed by atoms with Gasteiger partial charge in [-0.3, -0.25) is 9.59 Å². The summed E-state index contributed by atoms with van der Waals surface area (Å²) in [4.78, 5) is 24.6. The van der Waals surface area contributed by atoms with E-state index in [0.717, 1.165) is 11.1 Å². The summed E-state index contributed by atoms with van der Waals surface area (Å²) >= 11 is 0. The molecule has 0 bridgehead atoms. The van der Waals surface area contributed by atoms with Gasteiger partial charge in [0.2, 0.25) is 5.91 Å². The zero-order valence-electron chi connectivity index (χ0n) is 14.9. The van der Waals surface area contributed by atoms with E-state index < -0.39 is 0 Å². The number of benzene rings is 3. The Bertz CT molecular complexity index is 951. The van der Waals surface area contributed by atoms with Crippen molar-refractivity contribution < 1.29 is 14.7 Å². The quantitative estimate of drug-likeness (QED) is 0.640. The topological polar surface area (TPSA) is 78.4 Å². The SMILES string of the molecule is Cc1ccc(NC(=O)Cc2ccccc2)cc1NC(=O)c1ccc(O)cc1. The first-order valence-electron chi connectivity index (χ1n) is 8.56. The van der Waals surface area contributed by atoms with Crippen LogP contribution >= 0.6 is 0 Å². The number of carbonyl (C=O) groups excluding carboxylic acids is 2. The molecule has 2 amide bonds. The maximum Gasteiger partial charge on any atom is 0.255 e. The van der Waals surface area contributed by atoms with Crippen LogP contribution in [0.4, 0.5) is 11.4 Å². The van der Waals surface area contributed by atoms with Crippen molar-refractivity contribution in [3.8, 4) is 5.75 Å². The second-order valence-corrected chi connectivity index (χ2v) is 6.24. The molecule has 5 heteroatoms. The smallest absolute Gasteiger partial charge is 0.255 e. The molecular weight excluding hydrogens is 340 g/mol. The van der Waals surface area contributed by atoms with Gasteiger partial charge in [-0.25, -0.2) is 0 Å². The Morgan fingerprint density at radius 2 is 1.59 bits per heavy atom. The van der Waals surface area contributed by atoms with E-state index in [1.54, 1.807) is 24.3 Å². The third-order valence-electron chi connectivity index (χ3n) is 4.11. The maximum atomic E-state index is 12.4. The van der Waals surface area contributed by atoms with Gasteiger partial charge in [0.1, 0.15) is 5.75 Å². The lowest BCUT2D eigenvalue weighted by Crippen LogP contribution is -2.16. The van der Waals surface area contributed by atoms with Crippen LogP contribution in [-0.2, 0) is 11.2 Å². The van der Waals surface area contributed by atoms with Gasteiger partial charge in [-0.05, 0) is 54.4 Å². The van der Waals surface area contributed by atoms with Crippen molar-refractivity contribution in [2.45, 2.75) is 13.3 Å². The van der Waals surface area contributed by atoms with Crippen LogP contribution in [0.3, 0.4) is 0 Å². The fourth-order valence-corrected chi connectivity index (χ4v) is 2.63. The summed E-state index contributed by atoms with van der Waals surface area (Å²) in [6.45, 7) is 1.88. The molecule has 136 valence electrons. The molecular formula is C22H20N2O3. The summed E-state index contributed by atoms with van der Waals surface area (Å²) in [7, 11) is 0. The van der Waals surface area contributed by atoms with Crippen molar-refractivity contribution >= 4 is 23.2 Å². The molecule has 3 N–H and O–H groups in total. The Labute approximate surface area is 157 Å². The number of hydrogen-bond donors (Lipinski definition) is 3. The van der Waals surface area contributed by atoms with Crippen LogP contribution in [-0.4, -0.2) is 16.9 Å². The van der Waals surface area contributed by atoms with Crippen LogP contribution < -0.4 is 10.6 Å². The van der Waals surface area contributed by atoms with Gasteiger partial charge in [0, 0.05) is 16.9 Å². The molecule has 0 unspecified atom stereocenters. The normalized spacial score (nSPS) is 10.3. The number of rotatable bonds is 5. The van der Waals surface area contributed by atoms with Gasteiger partial charge in [0.25, 0.3) is 5.91 Å². The Hall–Kier alpha value is -3.60. The Balaban J connectivity index is 1.69. The molecule has 3 rings (SSSR count). The standard InChI is InChI=1S/C22H20N2O3/c1-15-7-10-18(23-21(26)13-16-5-3-2-4-6-16)14-20(15)24-22(27)17-8-11-19(25)12-9-17/h2-12,14,25H,13H2,1H3,(H,23,26)(H,24,27). The van der Waals surface area contributed by atoms with E-state index in [0.29, 0.717) is 16.9 Å². The van der Waals surface area contributed by atoms with Crippen LogP contribution in [0.5, 0.6) is 5.75 Å². The Kier molecular flexibility index (Phi) is 5.52. The number of aromatic hydroxyl groups is 1. The molecule has 0 aliphatic carbocycles. The monoisotopic (exact) mass is 360 g/mol. The molecule has 3 aromatic carbocycles. The largest absolute Gasteiger partial charge is 0.508 e. The molecule has 5 nitrogen and oxygen atoms in total. The zero-order chi connectivity index (χ0) is 19.2. The molecule has 3 aromatic rings. The first-order chi connectivity index (χ1) is 13.0. The summed E-state index contributed by atoms with van der Waals surface area (Å²) in [5.74, 6) is -0.308. The van der Waals surface area contributed by atoms with Crippen LogP contribution in [0.2, 0.25) is 0 Å². The minimum absolute atomic E-state index is 0.103. The lowest BCUT2D eigenvalue weighted by molar-refractivity contribution is -0.115. The van der Waals surface area contributed by atoms with Crippen molar-refractivity contribution in [1.29, 1.82) is 0 Å². The van der Waals surface area contributed by atoms with Crippen molar-refractivity contribution in [3.63, 3.8) is 0 Å². The van der Waals surface area contributed by atoms with Crippen LogP contribution in [0, 0.1) is 6.92 Å². The summed E-state index contributed by atoms with van der Waals surface area (Å²) in [6.07, 6.45) is 0.282. The second-order valence-electron chi connectivity index (χ2n) is 6.24. The number of anilines is 2. The summed E-state index contributed by atoms with van der Waals surface area (Å²) in [5.41, 5.74) is 3.48. The highest BCUT2D eigenvalue weighted by Gasteiger charge is 2.10. The van der Waals surface area contributed by atoms with Gasteiger partial charge < -0.3 is 15.7 Å². The molecule has 0 aliphatic rings. The summed E-state index contributed by atoms with van der Waals surface area (Å²) < 4.78 is 0. The number of aryl methyl sites for hydroxylation is 1. The molecule has 0 saturated heterocycles. The molecule has 0 heterocycles. The lowest BCUT2D eigenvalue weighted by atomic mass is 10.1. The Morgan fingerprint density at radius 3 is 2.30 bits per heavy atom. The van der Waals surface area contributed by atoms with E-state index in [2.05, 4.69) is 10.6 Å². The molecule has 27 heavy (non-hydrogen) atoms. The summed E-state index contributed by atoms with van der Waals surface area (Å²) in [6, 6.07) is 20.9. The van der Waals surface area contributed by atoms with Gasteiger partial charge >= 0.3 is 0 Å². The van der Waals surface area contributed by atoms with Crippen molar-refractivity contribution in [2.75, 3.05) is 10.6 Å². The van der Waals surface area contributed by atoms with Crippen molar-refractivity contribution in [2.24, 2.45) is 0 Å². The summed E-state index contributed by atoms with van der Waals surface area (Å²) in [5, 5.41) is 15.0. The van der Waals surface area contributed by atoms with E-state index in [4.69, 9.17) is 0 Å². The Morgan fingerprint density at radius 1 is 0.889 bits per heavy atom. The number of nitrogens with one attached hydrogen (secondary N) is 2. The first kappa shape index (κ1) is 18.2. The highest BCUT2D eigenvalue weighted by atomic mass is 16.3. The number of amides is 2. The lowest BCUT2D eigenvalue weighted by Gasteiger charge is -2.12. The molecule has 0 spiro atoms. The molecule has 0 fully saturated rings. The van der Waals surface area contributed by atoms with Gasteiger partial charge in [-0.2, -0.15) is 0 Å². The van der Waals surface area contributed by atoms with Crippen LogP contribution in [0.1, 0.15) is 21.5 Å². The number of phenols is 1. The predicted octanol–water partition coefficient (Wildman–Crippen LogP) is 4.13. The average molecular weight is 360 g/mol. The molecule has 0 aliphatic heterocycles. The van der Waals surface area contributed by atoms with E-state index >= 15 is 0 Å². The number of carbonyl (C=O) groups is 2. The minimum atomic E-state index is -0.286. The molecule has 0 saturated carbocycles. The first-order valence-corrected chi connectivity index (χ1v) is 8.56. The third-order valence-corrected chi connectivity index (χ3v) is 4.11. The number of hydrogen-bond acceptors (Lipinski definition) is 3. The fraction of sp³-hybridized carbons (Fsp3) is 0.0909. The predicted molar refractivity (Wildman–Crippen MR) is 106 cm³/mol. The van der Waals surface area contributed by atoms with Crippen molar-refractivity contribution in [3.05, 3.63) is 89.5 Å². The van der Waals surface area contributed by atoms with E-state index in [1.165, 1.54) is 12.1 Å². The van der Waals surface area contributed by atoms with E-state index in [-0.39, 0.29) is 24.0 Å². The van der Waals surface area contributed by atoms with Gasteiger partial charge in [-0.15, -0.1) is 0 Å². The van der Waals surface area contributed by atoms with E-state index in [9.17, 15) is 14.7 Å². The third kappa shape index (κ3) is 4.95. The molecule has 0 radical (unpaired) electrons. The van der Waals surface area contributed by atoms with Gasteiger partial charge in [0.05, 0.1) is 6.42 Å². The highest BCUT2D eigenvalue weighted by Crippen LogP contribution is 2.22. The maximum absolute atomic E-state index is 12.4. The molecule has 0 aromatic heterocycles. The van der Waals surface area contributed by atoms with Crippen LogP contribution in [0.25, 0.3) is 0 Å². The van der Waals surface area contributed by atoms with Gasteiger partial charge in [0.15, 0.2) is 0 Å². The molecule has 0 atom stereocenters. The highest BCUT2D eigenvalue weighted by molar-refractivity contribution is 6.05. The minimum Gasteiger partial charge on any atom is -0.508 e. The second kappa shape index (κ2) is 8.19. The number of phenolic OH excluding ortho intramolecular Hbond substituents is 1. The zero-order valence-corrected chi connectivity index (χ0v) is 14.9. The average Bonchev–Trinajstić information content (AvgIpc) is 2.65. The van der Waals surface area contributed by atoms with Gasteiger partial charge in [-0.1, -0.05) is 36.4 Å². The van der Waals surface area contributed by atoms with E-state index in [1.807, 2.05) is 43.3 Å².